The van der Waals surface area contributed by atoms with Crippen LogP contribution in [0.1, 0.15) is 19.3 Å². The predicted octanol–water partition coefficient (Wildman–Crippen LogP) is 2.61. The molecule has 1 fully saturated rings. The molecule has 0 amide bonds. The van der Waals surface area contributed by atoms with Crippen LogP contribution in [0.15, 0.2) is 11.8 Å². The molecule has 1 rings (SSSR count). The lowest BCUT2D eigenvalue weighted by molar-refractivity contribution is 0.0508. The van der Waals surface area contributed by atoms with Gasteiger partial charge in [0.05, 0.1) is 0 Å². The third kappa shape index (κ3) is 3.46. The van der Waals surface area contributed by atoms with Crippen LogP contribution in [0.3, 0.4) is 0 Å². The van der Waals surface area contributed by atoms with Crippen molar-refractivity contribution >= 4 is 9.04 Å². The van der Waals surface area contributed by atoms with Gasteiger partial charge in [-0.1, -0.05) is 11.6 Å². The molecule has 0 radical (unpaired) electrons. The van der Waals surface area contributed by atoms with Crippen LogP contribution in [-0.4, -0.2) is 28.2 Å². The number of hydrogen-bond acceptors (Lipinski definition) is 1. The molecular weight excluding hydrogens is 209 g/mol. The molecule has 2 atom stereocenters. The molecule has 0 spiro atoms. The van der Waals surface area contributed by atoms with Gasteiger partial charge in [0.25, 0.3) is 6.43 Å². The number of allylic oxidation sites excluding steroid dienone is 1. The van der Waals surface area contributed by atoms with Crippen LogP contribution in [0.2, 0.25) is 6.04 Å². The predicted molar refractivity (Wildman–Crippen MR) is 51.8 cm³/mol. The lowest BCUT2D eigenvalue weighted by atomic mass is 10.3. The third-order valence-corrected chi connectivity index (χ3v) is 5.08. The van der Waals surface area contributed by atoms with Crippen molar-refractivity contribution in [1.29, 1.82) is 0 Å². The molecule has 0 aromatic heterocycles. The maximum atomic E-state index is 12.7. The molecule has 0 aliphatic carbocycles. The van der Waals surface area contributed by atoms with E-state index in [0.717, 1.165) is 18.9 Å². The highest BCUT2D eigenvalue weighted by Crippen LogP contribution is 2.22. The van der Waals surface area contributed by atoms with Crippen LogP contribution in [-0.2, 0) is 4.43 Å². The molecule has 0 aromatic rings. The Morgan fingerprint density at radius 2 is 2.07 bits per heavy atom. The van der Waals surface area contributed by atoms with Crippen molar-refractivity contribution in [2.45, 2.75) is 37.9 Å². The quantitative estimate of drug-likeness (QED) is 0.667. The number of hydrogen-bond donors (Lipinski definition) is 0. The number of halogens is 3. The molecule has 1 nitrogen and oxygen atoms in total. The van der Waals surface area contributed by atoms with Crippen LogP contribution in [0, 0.1) is 0 Å². The molecule has 1 aliphatic rings. The highest BCUT2D eigenvalue weighted by molar-refractivity contribution is 6.60. The van der Waals surface area contributed by atoms with Gasteiger partial charge in [0.2, 0.25) is 9.04 Å². The van der Waals surface area contributed by atoms with Gasteiger partial charge in [-0.2, -0.15) is 0 Å². The molecule has 14 heavy (non-hydrogen) atoms. The standard InChI is InChI=1S/C9H15F3OSi/c1-7(6-8(10)9(11)12)14-5-3-2-4-13-14/h8-9,14H,1-6H2. The van der Waals surface area contributed by atoms with E-state index in [0.29, 0.717) is 11.8 Å². The van der Waals surface area contributed by atoms with Gasteiger partial charge < -0.3 is 4.43 Å². The van der Waals surface area contributed by atoms with E-state index in [4.69, 9.17) is 4.43 Å². The topological polar surface area (TPSA) is 9.23 Å². The molecule has 1 saturated heterocycles. The Balaban J connectivity index is 2.33. The highest BCUT2D eigenvalue weighted by Gasteiger charge is 2.26. The maximum Gasteiger partial charge on any atom is 0.269 e. The summed E-state index contributed by atoms with van der Waals surface area (Å²) >= 11 is 0. The van der Waals surface area contributed by atoms with E-state index < -0.39 is 21.6 Å². The first-order chi connectivity index (χ1) is 6.61. The Morgan fingerprint density at radius 1 is 1.36 bits per heavy atom. The average Bonchev–Trinajstić information content (AvgIpc) is 2.19. The SMILES string of the molecule is C=C(CC(F)C(F)F)[SiH]1CCCCO1. The molecule has 2 unspecified atom stereocenters. The lowest BCUT2D eigenvalue weighted by Crippen LogP contribution is -2.28. The largest absolute Gasteiger partial charge is 0.416 e. The van der Waals surface area contributed by atoms with E-state index in [2.05, 4.69) is 6.58 Å². The minimum atomic E-state index is -2.90. The summed E-state index contributed by atoms with van der Waals surface area (Å²) in [4.78, 5) is 0. The summed E-state index contributed by atoms with van der Waals surface area (Å²) in [6.07, 6.45) is -3.12. The van der Waals surface area contributed by atoms with Gasteiger partial charge in [0, 0.05) is 13.0 Å². The Kier molecular flexibility index (Phi) is 4.67. The highest BCUT2D eigenvalue weighted by atomic mass is 28.3. The van der Waals surface area contributed by atoms with E-state index in [1.807, 2.05) is 0 Å². The second-order valence-corrected chi connectivity index (χ2v) is 6.27. The van der Waals surface area contributed by atoms with Crippen molar-refractivity contribution in [1.82, 2.24) is 0 Å². The zero-order valence-corrected chi connectivity index (χ0v) is 9.17. The Hall–Kier alpha value is -0.293. The molecule has 0 N–H and O–H groups in total. The molecule has 0 aromatic carbocycles. The summed E-state index contributed by atoms with van der Waals surface area (Å²) in [7, 11) is -1.59. The molecule has 0 bridgehead atoms. The average molecular weight is 224 g/mol. The summed E-state index contributed by atoms with van der Waals surface area (Å²) in [5, 5.41) is 0.595. The van der Waals surface area contributed by atoms with Crippen molar-refractivity contribution in [3.05, 3.63) is 11.8 Å². The van der Waals surface area contributed by atoms with Crippen LogP contribution in [0.5, 0.6) is 0 Å². The van der Waals surface area contributed by atoms with Gasteiger partial charge in [-0.05, 0) is 12.5 Å². The van der Waals surface area contributed by atoms with E-state index >= 15 is 0 Å². The maximum absolute atomic E-state index is 12.7. The van der Waals surface area contributed by atoms with Crippen LogP contribution in [0.25, 0.3) is 0 Å². The van der Waals surface area contributed by atoms with Gasteiger partial charge in [-0.15, -0.1) is 6.58 Å². The smallest absolute Gasteiger partial charge is 0.269 e. The molecular formula is C9H15F3OSi. The van der Waals surface area contributed by atoms with Crippen molar-refractivity contribution in [3.63, 3.8) is 0 Å². The van der Waals surface area contributed by atoms with Crippen molar-refractivity contribution in [2.75, 3.05) is 6.61 Å². The Bertz CT molecular complexity index is 192. The summed E-state index contributed by atoms with van der Waals surface area (Å²) in [6, 6.07) is 0.911. The number of alkyl halides is 3. The molecule has 5 heteroatoms. The minimum absolute atomic E-state index is 0.228. The molecule has 1 aliphatic heterocycles. The number of rotatable bonds is 4. The monoisotopic (exact) mass is 224 g/mol. The van der Waals surface area contributed by atoms with Crippen molar-refractivity contribution in [2.24, 2.45) is 0 Å². The van der Waals surface area contributed by atoms with Gasteiger partial charge in [0.15, 0.2) is 6.17 Å². The second kappa shape index (κ2) is 5.55. The summed E-state index contributed by atoms with van der Waals surface area (Å²) in [5.41, 5.74) is 0. The van der Waals surface area contributed by atoms with Gasteiger partial charge in [0.1, 0.15) is 0 Å². The zero-order chi connectivity index (χ0) is 10.6. The molecule has 1 heterocycles. The van der Waals surface area contributed by atoms with Crippen LogP contribution >= 0.6 is 0 Å². The summed E-state index contributed by atoms with van der Waals surface area (Å²) in [5.74, 6) is 0. The van der Waals surface area contributed by atoms with E-state index in [1.165, 1.54) is 0 Å². The Morgan fingerprint density at radius 3 is 2.57 bits per heavy atom. The van der Waals surface area contributed by atoms with E-state index in [1.54, 1.807) is 0 Å². The van der Waals surface area contributed by atoms with E-state index in [-0.39, 0.29) is 6.42 Å². The van der Waals surface area contributed by atoms with Gasteiger partial charge in [-0.3, -0.25) is 0 Å². The summed E-state index contributed by atoms with van der Waals surface area (Å²) in [6.45, 7) is 4.35. The van der Waals surface area contributed by atoms with Crippen LogP contribution in [0.4, 0.5) is 13.2 Å². The minimum Gasteiger partial charge on any atom is -0.416 e. The van der Waals surface area contributed by atoms with Crippen LogP contribution < -0.4 is 0 Å². The zero-order valence-electron chi connectivity index (χ0n) is 8.02. The van der Waals surface area contributed by atoms with Crippen molar-refractivity contribution < 1.29 is 17.6 Å². The molecule has 0 saturated carbocycles. The fourth-order valence-electron chi connectivity index (χ4n) is 1.53. The van der Waals surface area contributed by atoms with Gasteiger partial charge in [-0.25, -0.2) is 13.2 Å². The first kappa shape index (κ1) is 11.8. The second-order valence-electron chi connectivity index (χ2n) is 3.57. The van der Waals surface area contributed by atoms with Crippen molar-refractivity contribution in [3.8, 4) is 0 Å². The first-order valence-electron chi connectivity index (χ1n) is 4.82. The van der Waals surface area contributed by atoms with Gasteiger partial charge >= 0.3 is 0 Å². The first-order valence-corrected chi connectivity index (χ1v) is 6.69. The fourth-order valence-corrected chi connectivity index (χ4v) is 3.94. The lowest BCUT2D eigenvalue weighted by Gasteiger charge is -2.23. The molecule has 82 valence electrons. The van der Waals surface area contributed by atoms with E-state index in [9.17, 15) is 13.2 Å². The normalized spacial score (nSPS) is 25.0. The summed E-state index contributed by atoms with van der Waals surface area (Å²) < 4.78 is 42.0. The Labute approximate surface area is 83.7 Å². The fraction of sp³-hybridized carbons (Fsp3) is 0.778. The third-order valence-electron chi connectivity index (χ3n) is 2.37.